The maximum absolute atomic E-state index is 9.90. The topological polar surface area (TPSA) is 33.1 Å². The molecule has 0 bridgehead atoms. The van der Waals surface area contributed by atoms with Crippen molar-refractivity contribution in [2.75, 3.05) is 0 Å². The minimum Gasteiger partial charge on any atom is -0.508 e. The molecule has 0 aliphatic heterocycles. The van der Waals surface area contributed by atoms with Crippen LogP contribution in [0.4, 0.5) is 0 Å². The Morgan fingerprint density at radius 3 is 2.70 bits per heavy atom. The number of rotatable bonds is 2. The summed E-state index contributed by atoms with van der Waals surface area (Å²) >= 11 is 0. The van der Waals surface area contributed by atoms with Gasteiger partial charge in [0.15, 0.2) is 0 Å². The molecule has 0 aliphatic carbocycles. The average Bonchev–Trinajstić information content (AvgIpc) is 2.54. The first-order valence-corrected chi connectivity index (χ1v) is 6.59. The van der Waals surface area contributed by atoms with Crippen molar-refractivity contribution in [3.8, 4) is 11.3 Å². The highest BCUT2D eigenvalue weighted by atomic mass is 16.3. The van der Waals surface area contributed by atoms with Gasteiger partial charge in [-0.05, 0) is 42.0 Å². The molecule has 0 fully saturated rings. The van der Waals surface area contributed by atoms with E-state index in [-0.39, 0.29) is 0 Å². The number of pyridine rings is 1. The van der Waals surface area contributed by atoms with Gasteiger partial charge in [-0.25, -0.2) is 0 Å². The van der Waals surface area contributed by atoms with Gasteiger partial charge in [-0.3, -0.25) is 4.98 Å². The predicted octanol–water partition coefficient (Wildman–Crippen LogP) is 4.82. The van der Waals surface area contributed by atoms with E-state index in [1.807, 2.05) is 49.4 Å². The van der Waals surface area contributed by atoms with Crippen molar-refractivity contribution in [2.45, 2.75) is 6.92 Å². The summed E-state index contributed by atoms with van der Waals surface area (Å²) in [5.74, 6) is 0.294. The van der Waals surface area contributed by atoms with Crippen molar-refractivity contribution in [3.05, 3.63) is 72.4 Å². The Balaban J connectivity index is 2.27. The van der Waals surface area contributed by atoms with Crippen molar-refractivity contribution in [2.24, 2.45) is 0 Å². The summed E-state index contributed by atoms with van der Waals surface area (Å²) in [5.41, 5.74) is 2.84. The zero-order chi connectivity index (χ0) is 13.9. The van der Waals surface area contributed by atoms with Crippen molar-refractivity contribution in [1.82, 2.24) is 4.98 Å². The van der Waals surface area contributed by atoms with Crippen molar-refractivity contribution in [3.63, 3.8) is 0 Å². The maximum atomic E-state index is 9.90. The first-order chi connectivity index (χ1) is 9.79. The third-order valence-corrected chi connectivity index (χ3v) is 3.39. The number of allylic oxidation sites excluding steroid dienone is 1. The molecule has 20 heavy (non-hydrogen) atoms. The fourth-order valence-electron chi connectivity index (χ4n) is 2.34. The third-order valence-electron chi connectivity index (χ3n) is 3.39. The van der Waals surface area contributed by atoms with Crippen LogP contribution in [0.1, 0.15) is 12.5 Å². The molecule has 0 spiro atoms. The smallest absolute Gasteiger partial charge is 0.118 e. The summed E-state index contributed by atoms with van der Waals surface area (Å²) in [6.45, 7) is 1.82. The Morgan fingerprint density at radius 2 is 1.95 bits per heavy atom. The minimum atomic E-state index is 0.294. The van der Waals surface area contributed by atoms with Gasteiger partial charge in [0.1, 0.15) is 5.76 Å². The Hall–Kier alpha value is -2.61. The van der Waals surface area contributed by atoms with Gasteiger partial charge in [-0.15, -0.1) is 0 Å². The average molecular weight is 261 g/mol. The second kappa shape index (κ2) is 5.17. The highest BCUT2D eigenvalue weighted by Gasteiger charge is 2.06. The summed E-state index contributed by atoms with van der Waals surface area (Å²) in [5, 5.41) is 12.1. The molecular formula is C18H15NO. The van der Waals surface area contributed by atoms with Crippen LogP contribution in [0.25, 0.3) is 27.8 Å². The van der Waals surface area contributed by atoms with Gasteiger partial charge in [-0.2, -0.15) is 0 Å². The monoisotopic (exact) mass is 261 g/mol. The van der Waals surface area contributed by atoms with Gasteiger partial charge in [0.05, 0.1) is 5.69 Å². The predicted molar refractivity (Wildman–Crippen MR) is 83.5 cm³/mol. The molecule has 0 atom stereocenters. The summed E-state index contributed by atoms with van der Waals surface area (Å²) in [7, 11) is 0. The van der Waals surface area contributed by atoms with E-state index in [4.69, 9.17) is 0 Å². The van der Waals surface area contributed by atoms with E-state index in [2.05, 4.69) is 17.1 Å². The van der Waals surface area contributed by atoms with Crippen LogP contribution in [0, 0.1) is 0 Å². The van der Waals surface area contributed by atoms with E-state index in [0.29, 0.717) is 5.76 Å². The molecule has 0 saturated heterocycles. The first-order valence-electron chi connectivity index (χ1n) is 6.59. The quantitative estimate of drug-likeness (QED) is 0.671. The molecule has 98 valence electrons. The van der Waals surface area contributed by atoms with Gasteiger partial charge >= 0.3 is 0 Å². The number of hydrogen-bond donors (Lipinski definition) is 1. The van der Waals surface area contributed by atoms with E-state index in [1.165, 1.54) is 0 Å². The number of benzene rings is 2. The largest absolute Gasteiger partial charge is 0.508 e. The standard InChI is InChI=1S/C18H15NO/c1-2-18(20)14-10-9-13-6-5-7-15(16(13)12-14)17-8-3-4-11-19-17/h2-12,20H,1H3. The summed E-state index contributed by atoms with van der Waals surface area (Å²) < 4.78 is 0. The van der Waals surface area contributed by atoms with Crippen LogP contribution in [-0.4, -0.2) is 10.1 Å². The number of nitrogens with zero attached hydrogens (tertiary/aromatic N) is 1. The molecule has 0 saturated carbocycles. The van der Waals surface area contributed by atoms with Crippen LogP contribution in [0.5, 0.6) is 0 Å². The second-order valence-electron chi connectivity index (χ2n) is 4.63. The summed E-state index contributed by atoms with van der Waals surface area (Å²) in [4.78, 5) is 4.42. The Bertz CT molecular complexity index is 776. The molecule has 0 amide bonds. The van der Waals surface area contributed by atoms with E-state index in [9.17, 15) is 5.11 Å². The fraction of sp³-hybridized carbons (Fsp3) is 0.0556. The van der Waals surface area contributed by atoms with E-state index >= 15 is 0 Å². The molecule has 1 heterocycles. The molecule has 2 heteroatoms. The molecule has 2 aromatic carbocycles. The third kappa shape index (κ3) is 2.16. The van der Waals surface area contributed by atoms with Crippen LogP contribution in [0.2, 0.25) is 0 Å². The van der Waals surface area contributed by atoms with Crippen LogP contribution < -0.4 is 0 Å². The summed E-state index contributed by atoms with van der Waals surface area (Å²) in [6, 6.07) is 18.0. The number of aromatic nitrogens is 1. The SMILES string of the molecule is CC=C(O)c1ccc2cccc(-c3ccccn3)c2c1. The second-order valence-corrected chi connectivity index (χ2v) is 4.63. The lowest BCUT2D eigenvalue weighted by Gasteiger charge is -2.08. The fourth-order valence-corrected chi connectivity index (χ4v) is 2.34. The zero-order valence-electron chi connectivity index (χ0n) is 11.2. The van der Waals surface area contributed by atoms with E-state index in [0.717, 1.165) is 27.6 Å². The van der Waals surface area contributed by atoms with Crippen LogP contribution in [0.15, 0.2) is 66.9 Å². The lowest BCUT2D eigenvalue weighted by atomic mass is 9.99. The first kappa shape index (κ1) is 12.4. The number of aliphatic hydroxyl groups is 1. The molecule has 0 unspecified atom stereocenters. The molecule has 1 aromatic heterocycles. The van der Waals surface area contributed by atoms with Gasteiger partial charge in [0.2, 0.25) is 0 Å². The molecule has 3 aromatic rings. The van der Waals surface area contributed by atoms with Crippen LogP contribution in [0.3, 0.4) is 0 Å². The maximum Gasteiger partial charge on any atom is 0.118 e. The normalized spacial score (nSPS) is 11.8. The number of fused-ring (bicyclic) bond motifs is 1. The summed E-state index contributed by atoms with van der Waals surface area (Å²) in [6.07, 6.45) is 3.49. The van der Waals surface area contributed by atoms with Gasteiger partial charge < -0.3 is 5.11 Å². The Labute approximate surface area is 118 Å². The van der Waals surface area contributed by atoms with E-state index in [1.54, 1.807) is 12.3 Å². The Morgan fingerprint density at radius 1 is 1.05 bits per heavy atom. The minimum absolute atomic E-state index is 0.294. The molecule has 3 rings (SSSR count). The van der Waals surface area contributed by atoms with Gasteiger partial charge in [-0.1, -0.05) is 36.4 Å². The number of hydrogen-bond acceptors (Lipinski definition) is 2. The van der Waals surface area contributed by atoms with Crippen molar-refractivity contribution >= 4 is 16.5 Å². The molecule has 1 N–H and O–H groups in total. The van der Waals surface area contributed by atoms with Gasteiger partial charge in [0, 0.05) is 17.3 Å². The number of aliphatic hydroxyl groups excluding tert-OH is 1. The van der Waals surface area contributed by atoms with Gasteiger partial charge in [0.25, 0.3) is 0 Å². The van der Waals surface area contributed by atoms with Crippen molar-refractivity contribution < 1.29 is 5.11 Å². The van der Waals surface area contributed by atoms with Crippen LogP contribution in [-0.2, 0) is 0 Å². The molecular weight excluding hydrogens is 246 g/mol. The lowest BCUT2D eigenvalue weighted by Crippen LogP contribution is -1.87. The molecule has 0 aliphatic rings. The van der Waals surface area contributed by atoms with Crippen molar-refractivity contribution in [1.29, 1.82) is 0 Å². The zero-order valence-corrected chi connectivity index (χ0v) is 11.2. The Kier molecular flexibility index (Phi) is 3.21. The molecule has 2 nitrogen and oxygen atoms in total. The van der Waals surface area contributed by atoms with E-state index < -0.39 is 0 Å². The van der Waals surface area contributed by atoms with Crippen LogP contribution >= 0.6 is 0 Å². The highest BCUT2D eigenvalue weighted by Crippen LogP contribution is 2.29. The molecule has 0 radical (unpaired) electrons. The highest BCUT2D eigenvalue weighted by molar-refractivity contribution is 5.97. The lowest BCUT2D eigenvalue weighted by molar-refractivity contribution is 0.511.